The average Bonchev–Trinajstić information content (AvgIpc) is 3.23. The molecule has 6 heteroatoms. The van der Waals surface area contributed by atoms with Crippen LogP contribution in [0.5, 0.6) is 0 Å². The molecular weight excluding hydrogens is 328 g/mol. The second-order valence-corrected chi connectivity index (χ2v) is 6.83. The second-order valence-electron chi connectivity index (χ2n) is 5.61. The second kappa shape index (κ2) is 7.70. The van der Waals surface area contributed by atoms with Crippen molar-refractivity contribution >= 4 is 34.6 Å². The number of aliphatic imine (C=N–C) groups is 1. The molecule has 122 valence electrons. The third kappa shape index (κ3) is 4.39. The molecule has 2 aromatic rings. The molecule has 2 heterocycles. The minimum absolute atomic E-state index is 0.391. The predicted octanol–water partition coefficient (Wildman–Crippen LogP) is 3.35. The monoisotopic (exact) mass is 348 g/mol. The van der Waals surface area contributed by atoms with Crippen LogP contribution in [0.4, 0.5) is 5.69 Å². The maximum atomic E-state index is 6.09. The largest absolute Gasteiger partial charge is 0.369 e. The van der Waals surface area contributed by atoms with Gasteiger partial charge < -0.3 is 15.5 Å². The molecule has 0 spiro atoms. The molecule has 1 aromatic heterocycles. The maximum Gasteiger partial charge on any atom is 0.191 e. The van der Waals surface area contributed by atoms with Gasteiger partial charge in [-0.3, -0.25) is 4.99 Å². The van der Waals surface area contributed by atoms with Crippen molar-refractivity contribution in [2.45, 2.75) is 19.0 Å². The highest BCUT2D eigenvalue weighted by atomic mass is 35.5. The summed E-state index contributed by atoms with van der Waals surface area (Å²) in [5, 5.41) is 11.9. The van der Waals surface area contributed by atoms with Gasteiger partial charge in [0.25, 0.3) is 0 Å². The number of benzene rings is 1. The van der Waals surface area contributed by atoms with E-state index in [-0.39, 0.29) is 0 Å². The average molecular weight is 349 g/mol. The van der Waals surface area contributed by atoms with Crippen molar-refractivity contribution in [2.24, 2.45) is 4.99 Å². The Hall–Kier alpha value is -1.72. The van der Waals surface area contributed by atoms with Gasteiger partial charge in [0.05, 0.1) is 0 Å². The van der Waals surface area contributed by atoms with Crippen molar-refractivity contribution < 1.29 is 0 Å². The van der Waals surface area contributed by atoms with Gasteiger partial charge in [-0.25, -0.2) is 0 Å². The predicted molar refractivity (Wildman–Crippen MR) is 99.7 cm³/mol. The third-order valence-corrected chi connectivity index (χ3v) is 4.93. The number of rotatable bonds is 4. The fraction of sp³-hybridized carbons (Fsp3) is 0.353. The van der Waals surface area contributed by atoms with Crippen LogP contribution in [0, 0.1) is 0 Å². The first kappa shape index (κ1) is 16.1. The van der Waals surface area contributed by atoms with Gasteiger partial charge in [0, 0.05) is 43.4 Å². The van der Waals surface area contributed by atoms with E-state index in [2.05, 4.69) is 43.4 Å². The zero-order chi connectivity index (χ0) is 16.1. The zero-order valence-electron chi connectivity index (χ0n) is 13.1. The van der Waals surface area contributed by atoms with Gasteiger partial charge >= 0.3 is 0 Å². The number of hydrogen-bond donors (Lipinski definition) is 2. The number of nitrogens with zero attached hydrogens (tertiary/aromatic N) is 2. The van der Waals surface area contributed by atoms with Gasteiger partial charge in [0.1, 0.15) is 0 Å². The van der Waals surface area contributed by atoms with E-state index in [1.807, 2.05) is 25.2 Å². The van der Waals surface area contributed by atoms with Crippen LogP contribution in [-0.2, 0) is 6.54 Å². The van der Waals surface area contributed by atoms with Gasteiger partial charge in [-0.15, -0.1) is 0 Å². The lowest BCUT2D eigenvalue weighted by Crippen LogP contribution is -2.44. The molecule has 0 aliphatic carbocycles. The lowest BCUT2D eigenvalue weighted by Gasteiger charge is -2.20. The standard InChI is InChI=1S/C17H21ClN4S/c1-19-17(20-10-13-6-8-23-12-13)21-15-5-7-22(11-15)16-4-2-3-14(18)9-16/h2-4,6,8-9,12,15H,5,7,10-11H2,1H3,(H2,19,20,21). The number of anilines is 1. The normalized spacial score (nSPS) is 18.3. The minimum Gasteiger partial charge on any atom is -0.369 e. The third-order valence-electron chi connectivity index (χ3n) is 3.97. The SMILES string of the molecule is CN=C(NCc1ccsc1)NC1CCN(c2cccc(Cl)c2)C1. The fourth-order valence-corrected chi connectivity index (χ4v) is 3.61. The first-order chi connectivity index (χ1) is 11.2. The van der Waals surface area contributed by atoms with Crippen molar-refractivity contribution in [3.8, 4) is 0 Å². The van der Waals surface area contributed by atoms with Crippen molar-refractivity contribution in [2.75, 3.05) is 25.0 Å². The zero-order valence-corrected chi connectivity index (χ0v) is 14.7. The molecular formula is C17H21ClN4S. The Labute approximate surface area is 146 Å². The summed E-state index contributed by atoms with van der Waals surface area (Å²) in [7, 11) is 1.81. The molecule has 2 N–H and O–H groups in total. The Morgan fingerprint density at radius 3 is 3.09 bits per heavy atom. The highest BCUT2D eigenvalue weighted by Crippen LogP contribution is 2.23. The van der Waals surface area contributed by atoms with E-state index >= 15 is 0 Å². The van der Waals surface area contributed by atoms with Crippen LogP contribution in [0.15, 0.2) is 46.1 Å². The van der Waals surface area contributed by atoms with E-state index in [1.165, 1.54) is 11.3 Å². The summed E-state index contributed by atoms with van der Waals surface area (Å²) in [6, 6.07) is 10.6. The quantitative estimate of drug-likeness (QED) is 0.657. The van der Waals surface area contributed by atoms with Crippen LogP contribution in [0.25, 0.3) is 0 Å². The molecule has 0 saturated carbocycles. The lowest BCUT2D eigenvalue weighted by atomic mass is 10.2. The van der Waals surface area contributed by atoms with Crippen molar-refractivity contribution in [1.82, 2.24) is 10.6 Å². The number of halogens is 1. The van der Waals surface area contributed by atoms with Crippen LogP contribution < -0.4 is 15.5 Å². The first-order valence-corrected chi connectivity index (χ1v) is 9.05. The van der Waals surface area contributed by atoms with Crippen LogP contribution in [0.1, 0.15) is 12.0 Å². The van der Waals surface area contributed by atoms with Crippen molar-refractivity contribution in [3.05, 3.63) is 51.7 Å². The molecule has 1 saturated heterocycles. The molecule has 0 radical (unpaired) electrons. The highest BCUT2D eigenvalue weighted by Gasteiger charge is 2.23. The lowest BCUT2D eigenvalue weighted by molar-refractivity contribution is 0.649. The van der Waals surface area contributed by atoms with E-state index in [0.717, 1.165) is 37.0 Å². The minimum atomic E-state index is 0.391. The highest BCUT2D eigenvalue weighted by molar-refractivity contribution is 7.07. The summed E-state index contributed by atoms with van der Waals surface area (Å²) in [4.78, 5) is 6.68. The number of guanidine groups is 1. The molecule has 1 fully saturated rings. The summed E-state index contributed by atoms with van der Waals surface area (Å²) in [6.45, 7) is 2.78. The summed E-state index contributed by atoms with van der Waals surface area (Å²) in [6.07, 6.45) is 1.09. The van der Waals surface area contributed by atoms with Gasteiger partial charge in [-0.1, -0.05) is 17.7 Å². The Bertz CT molecular complexity index is 656. The number of nitrogens with one attached hydrogen (secondary N) is 2. The van der Waals surface area contributed by atoms with E-state index in [0.29, 0.717) is 6.04 Å². The molecule has 1 aliphatic heterocycles. The van der Waals surface area contributed by atoms with Gasteiger partial charge in [-0.2, -0.15) is 11.3 Å². The van der Waals surface area contributed by atoms with Crippen LogP contribution in [0.3, 0.4) is 0 Å². The Kier molecular flexibility index (Phi) is 5.41. The van der Waals surface area contributed by atoms with E-state index in [9.17, 15) is 0 Å². The molecule has 1 aromatic carbocycles. The van der Waals surface area contributed by atoms with E-state index < -0.39 is 0 Å². The molecule has 23 heavy (non-hydrogen) atoms. The molecule has 1 atom stereocenters. The van der Waals surface area contributed by atoms with Gasteiger partial charge in [0.2, 0.25) is 0 Å². The summed E-state index contributed by atoms with van der Waals surface area (Å²) in [5.74, 6) is 0.856. The smallest absolute Gasteiger partial charge is 0.191 e. The van der Waals surface area contributed by atoms with Gasteiger partial charge in [-0.05, 0) is 47.0 Å². The maximum absolute atomic E-state index is 6.09. The van der Waals surface area contributed by atoms with Crippen LogP contribution in [0.2, 0.25) is 5.02 Å². The molecule has 0 amide bonds. The number of thiophene rings is 1. The van der Waals surface area contributed by atoms with Crippen molar-refractivity contribution in [3.63, 3.8) is 0 Å². The Balaban J connectivity index is 1.52. The molecule has 1 unspecified atom stereocenters. The van der Waals surface area contributed by atoms with Crippen LogP contribution in [-0.4, -0.2) is 32.1 Å². The summed E-state index contributed by atoms with van der Waals surface area (Å²) < 4.78 is 0. The fourth-order valence-electron chi connectivity index (χ4n) is 2.75. The summed E-state index contributed by atoms with van der Waals surface area (Å²) in [5.41, 5.74) is 2.47. The molecule has 4 nitrogen and oxygen atoms in total. The van der Waals surface area contributed by atoms with Crippen LogP contribution >= 0.6 is 22.9 Å². The van der Waals surface area contributed by atoms with E-state index in [4.69, 9.17) is 11.6 Å². The van der Waals surface area contributed by atoms with E-state index in [1.54, 1.807) is 11.3 Å². The topological polar surface area (TPSA) is 39.7 Å². The number of hydrogen-bond acceptors (Lipinski definition) is 3. The van der Waals surface area contributed by atoms with Crippen molar-refractivity contribution in [1.29, 1.82) is 0 Å². The Morgan fingerprint density at radius 1 is 1.43 bits per heavy atom. The molecule has 1 aliphatic rings. The summed E-state index contributed by atoms with van der Waals surface area (Å²) >= 11 is 7.80. The Morgan fingerprint density at radius 2 is 2.35 bits per heavy atom. The molecule has 0 bridgehead atoms. The molecule has 3 rings (SSSR count). The van der Waals surface area contributed by atoms with Gasteiger partial charge in [0.15, 0.2) is 5.96 Å². The first-order valence-electron chi connectivity index (χ1n) is 7.73.